The van der Waals surface area contributed by atoms with Crippen molar-refractivity contribution in [3.63, 3.8) is 0 Å². The number of rotatable bonds is 8. The Kier molecular flexibility index (Phi) is 7.42. The summed E-state index contributed by atoms with van der Waals surface area (Å²) in [7, 11) is 3.13. The van der Waals surface area contributed by atoms with Crippen molar-refractivity contribution < 1.29 is 23.8 Å². The summed E-state index contributed by atoms with van der Waals surface area (Å²) in [5.74, 6) is 0.164. The van der Waals surface area contributed by atoms with E-state index in [-0.39, 0.29) is 0 Å². The number of thiazole rings is 1. The highest BCUT2D eigenvalue weighted by atomic mass is 32.1. The first kappa shape index (κ1) is 24.0. The van der Waals surface area contributed by atoms with Gasteiger partial charge in [0.05, 0.1) is 25.5 Å². The van der Waals surface area contributed by atoms with Gasteiger partial charge in [0.1, 0.15) is 0 Å². The number of amides is 1. The van der Waals surface area contributed by atoms with Crippen LogP contribution in [-0.4, -0.2) is 37.7 Å². The molecule has 1 N–H and O–H groups in total. The number of esters is 1. The van der Waals surface area contributed by atoms with Crippen molar-refractivity contribution in [2.75, 3.05) is 26.1 Å². The zero-order valence-corrected chi connectivity index (χ0v) is 20.3. The van der Waals surface area contributed by atoms with E-state index in [1.54, 1.807) is 32.4 Å². The number of carbonyl (C=O) groups excluding carboxylic acids is 2. The van der Waals surface area contributed by atoms with Gasteiger partial charge in [-0.25, -0.2) is 9.78 Å². The van der Waals surface area contributed by atoms with Crippen molar-refractivity contribution in [2.24, 2.45) is 0 Å². The number of hydrogen-bond acceptors (Lipinski definition) is 7. The molecule has 0 atom stereocenters. The average Bonchev–Trinajstić information content (AvgIpc) is 3.35. The first-order valence-corrected chi connectivity index (χ1v) is 11.7. The molecule has 178 valence electrons. The largest absolute Gasteiger partial charge is 0.493 e. The van der Waals surface area contributed by atoms with Gasteiger partial charge in [-0.2, -0.15) is 0 Å². The molecule has 0 unspecified atom stereocenters. The van der Waals surface area contributed by atoms with Crippen LogP contribution in [0, 0.1) is 6.92 Å². The van der Waals surface area contributed by atoms with Crippen molar-refractivity contribution in [1.82, 2.24) is 4.98 Å². The summed E-state index contributed by atoms with van der Waals surface area (Å²) >= 11 is 1.27. The molecule has 35 heavy (non-hydrogen) atoms. The first-order chi connectivity index (χ1) is 17.0. The monoisotopic (exact) mass is 488 g/mol. The van der Waals surface area contributed by atoms with E-state index in [1.165, 1.54) is 16.9 Å². The van der Waals surface area contributed by atoms with Gasteiger partial charge < -0.3 is 14.2 Å². The summed E-state index contributed by atoms with van der Waals surface area (Å²) in [6, 6.07) is 20.7. The van der Waals surface area contributed by atoms with Gasteiger partial charge in [-0.1, -0.05) is 42.0 Å². The van der Waals surface area contributed by atoms with Crippen molar-refractivity contribution in [3.8, 4) is 33.9 Å². The van der Waals surface area contributed by atoms with Crippen molar-refractivity contribution in [1.29, 1.82) is 0 Å². The fourth-order valence-corrected chi connectivity index (χ4v) is 4.11. The lowest BCUT2D eigenvalue weighted by atomic mass is 10.0. The lowest BCUT2D eigenvalue weighted by Gasteiger charge is -2.08. The summed E-state index contributed by atoms with van der Waals surface area (Å²) in [4.78, 5) is 29.1. The third-order valence-electron chi connectivity index (χ3n) is 5.27. The quantitative estimate of drug-likeness (QED) is 0.325. The smallest absolute Gasteiger partial charge is 0.338 e. The van der Waals surface area contributed by atoms with Crippen LogP contribution in [0.4, 0.5) is 5.13 Å². The molecule has 4 rings (SSSR count). The molecule has 8 heteroatoms. The molecule has 0 fully saturated rings. The van der Waals surface area contributed by atoms with Gasteiger partial charge in [0.25, 0.3) is 5.91 Å². The van der Waals surface area contributed by atoms with Gasteiger partial charge >= 0.3 is 5.97 Å². The number of anilines is 1. The van der Waals surface area contributed by atoms with Gasteiger partial charge in [0, 0.05) is 10.9 Å². The predicted molar refractivity (Wildman–Crippen MR) is 136 cm³/mol. The number of nitrogens with one attached hydrogen (secondary N) is 1. The van der Waals surface area contributed by atoms with E-state index in [0.29, 0.717) is 27.9 Å². The fraction of sp³-hybridized carbons (Fsp3) is 0.148. The highest BCUT2D eigenvalue weighted by molar-refractivity contribution is 7.14. The second-order valence-corrected chi connectivity index (χ2v) is 8.53. The second kappa shape index (κ2) is 10.8. The van der Waals surface area contributed by atoms with Crippen LogP contribution < -0.4 is 14.8 Å². The number of hydrogen-bond donors (Lipinski definition) is 1. The minimum atomic E-state index is -0.569. The Balaban J connectivity index is 1.32. The third kappa shape index (κ3) is 5.85. The molecule has 7 nitrogen and oxygen atoms in total. The van der Waals surface area contributed by atoms with E-state index < -0.39 is 18.5 Å². The topological polar surface area (TPSA) is 86.8 Å². The van der Waals surface area contributed by atoms with Crippen LogP contribution in [0.2, 0.25) is 0 Å². The zero-order valence-electron chi connectivity index (χ0n) is 19.5. The third-order valence-corrected chi connectivity index (χ3v) is 6.03. The second-order valence-electron chi connectivity index (χ2n) is 7.68. The Morgan fingerprint density at radius 3 is 2.14 bits per heavy atom. The molecule has 0 saturated carbocycles. The Hall–Kier alpha value is -4.17. The molecular weight excluding hydrogens is 464 g/mol. The number of aromatic nitrogens is 1. The Morgan fingerprint density at radius 2 is 1.49 bits per heavy atom. The fourth-order valence-electron chi connectivity index (χ4n) is 3.37. The average molecular weight is 489 g/mol. The van der Waals surface area contributed by atoms with Crippen LogP contribution in [0.3, 0.4) is 0 Å². The summed E-state index contributed by atoms with van der Waals surface area (Å²) in [6.07, 6.45) is 0. The van der Waals surface area contributed by atoms with E-state index in [4.69, 9.17) is 14.2 Å². The number of aryl methyl sites for hydroxylation is 1. The van der Waals surface area contributed by atoms with Gasteiger partial charge in [0.15, 0.2) is 23.2 Å². The predicted octanol–water partition coefficient (Wildman–Crippen LogP) is 5.60. The molecular formula is C27H24N2O5S. The molecule has 1 amide bonds. The normalized spacial score (nSPS) is 10.5. The van der Waals surface area contributed by atoms with Crippen LogP contribution >= 0.6 is 11.3 Å². The maximum absolute atomic E-state index is 12.4. The maximum atomic E-state index is 12.4. The van der Waals surface area contributed by atoms with E-state index in [9.17, 15) is 9.59 Å². The number of nitrogens with zero attached hydrogens (tertiary/aromatic N) is 1. The molecule has 0 radical (unpaired) electrons. The molecule has 0 bridgehead atoms. The zero-order chi connectivity index (χ0) is 24.8. The standard InChI is InChI=1S/C27H24N2O5S/c1-17-4-6-18(7-5-17)19-8-10-20(11-9-19)26(31)34-15-25(30)29-27-28-22(16-35-27)21-12-13-23(32-2)24(14-21)33-3/h4-14,16H,15H2,1-3H3,(H,28,29,30). The van der Waals surface area contributed by atoms with E-state index >= 15 is 0 Å². The summed E-state index contributed by atoms with van der Waals surface area (Å²) < 4.78 is 15.7. The van der Waals surface area contributed by atoms with Gasteiger partial charge in [-0.3, -0.25) is 10.1 Å². The number of carbonyl (C=O) groups is 2. The molecule has 0 saturated heterocycles. The lowest BCUT2D eigenvalue weighted by Crippen LogP contribution is -2.20. The number of ether oxygens (including phenoxy) is 3. The number of methoxy groups -OCH3 is 2. The summed E-state index contributed by atoms with van der Waals surface area (Å²) in [5.41, 5.74) is 5.11. The molecule has 3 aromatic carbocycles. The highest BCUT2D eigenvalue weighted by Crippen LogP contribution is 2.33. The van der Waals surface area contributed by atoms with Gasteiger partial charge in [-0.05, 0) is 48.4 Å². The van der Waals surface area contributed by atoms with Gasteiger partial charge in [-0.15, -0.1) is 11.3 Å². The summed E-state index contributed by atoms with van der Waals surface area (Å²) in [5, 5.41) is 4.88. The van der Waals surface area contributed by atoms with Crippen molar-refractivity contribution in [3.05, 3.63) is 83.2 Å². The van der Waals surface area contributed by atoms with Crippen molar-refractivity contribution in [2.45, 2.75) is 6.92 Å². The first-order valence-electron chi connectivity index (χ1n) is 10.8. The van der Waals surface area contributed by atoms with E-state index in [0.717, 1.165) is 16.7 Å². The minimum absolute atomic E-state index is 0.374. The summed E-state index contributed by atoms with van der Waals surface area (Å²) in [6.45, 7) is 1.62. The van der Waals surface area contributed by atoms with Crippen LogP contribution in [0.25, 0.3) is 22.4 Å². The van der Waals surface area contributed by atoms with E-state index in [1.807, 2.05) is 60.8 Å². The van der Waals surface area contributed by atoms with Crippen LogP contribution in [0.15, 0.2) is 72.1 Å². The van der Waals surface area contributed by atoms with Crippen LogP contribution in [0.5, 0.6) is 11.5 Å². The SMILES string of the molecule is COc1ccc(-c2csc(NC(=O)COC(=O)c3ccc(-c4ccc(C)cc4)cc3)n2)cc1OC. The molecule has 0 aliphatic rings. The van der Waals surface area contributed by atoms with Gasteiger partial charge in [0.2, 0.25) is 0 Å². The molecule has 0 spiro atoms. The van der Waals surface area contributed by atoms with Crippen LogP contribution in [-0.2, 0) is 9.53 Å². The Labute approximate surface area is 207 Å². The highest BCUT2D eigenvalue weighted by Gasteiger charge is 2.14. The molecule has 0 aliphatic carbocycles. The van der Waals surface area contributed by atoms with E-state index in [2.05, 4.69) is 10.3 Å². The Morgan fingerprint density at radius 1 is 0.857 bits per heavy atom. The van der Waals surface area contributed by atoms with Crippen LogP contribution in [0.1, 0.15) is 15.9 Å². The Bertz CT molecular complexity index is 1330. The van der Waals surface area contributed by atoms with Crippen molar-refractivity contribution >= 4 is 28.3 Å². The molecule has 0 aliphatic heterocycles. The minimum Gasteiger partial charge on any atom is -0.493 e. The molecule has 4 aromatic rings. The maximum Gasteiger partial charge on any atom is 0.338 e. The lowest BCUT2D eigenvalue weighted by molar-refractivity contribution is -0.119. The number of benzene rings is 3. The molecule has 1 aromatic heterocycles. The molecule has 1 heterocycles.